The lowest BCUT2D eigenvalue weighted by Crippen LogP contribution is -2.47. The number of alkyl halides is 3. The first-order valence-corrected chi connectivity index (χ1v) is 7.04. The van der Waals surface area contributed by atoms with Crippen molar-refractivity contribution in [1.29, 1.82) is 0 Å². The van der Waals surface area contributed by atoms with Crippen LogP contribution in [0.1, 0.15) is 32.3 Å². The Hall–Kier alpha value is -1.23. The van der Waals surface area contributed by atoms with Gasteiger partial charge in [-0.3, -0.25) is 0 Å². The molecule has 0 radical (unpaired) electrons. The fraction of sp³-hybridized carbons (Fsp3) is 0.600. The van der Waals surface area contributed by atoms with E-state index in [0.29, 0.717) is 12.1 Å². The van der Waals surface area contributed by atoms with Gasteiger partial charge in [0.25, 0.3) is 0 Å². The van der Waals surface area contributed by atoms with E-state index in [9.17, 15) is 13.2 Å². The molecule has 1 atom stereocenters. The summed E-state index contributed by atoms with van der Waals surface area (Å²) in [5, 5.41) is 3.50. The molecule has 0 amide bonds. The second-order valence-electron chi connectivity index (χ2n) is 5.65. The number of rotatable bonds is 3. The van der Waals surface area contributed by atoms with Gasteiger partial charge >= 0.3 is 6.18 Å². The Bertz CT molecular complexity index is 426. The van der Waals surface area contributed by atoms with Gasteiger partial charge in [0, 0.05) is 30.9 Å². The summed E-state index contributed by atoms with van der Waals surface area (Å²) < 4.78 is 37.6. The molecule has 1 heterocycles. The lowest BCUT2D eigenvalue weighted by Gasteiger charge is -2.36. The van der Waals surface area contributed by atoms with E-state index in [1.54, 1.807) is 12.1 Å². The van der Waals surface area contributed by atoms with Crippen LogP contribution in [0.4, 0.5) is 18.9 Å². The number of hydrogen-bond acceptors (Lipinski definition) is 2. The molecular weight excluding hydrogens is 265 g/mol. The molecule has 0 aliphatic carbocycles. The Labute approximate surface area is 118 Å². The Morgan fingerprint density at radius 1 is 1.20 bits per heavy atom. The zero-order valence-corrected chi connectivity index (χ0v) is 11.9. The predicted molar refractivity (Wildman–Crippen MR) is 75.0 cm³/mol. The number of benzene rings is 1. The fourth-order valence-corrected chi connectivity index (χ4v) is 2.68. The van der Waals surface area contributed by atoms with Crippen LogP contribution in [-0.4, -0.2) is 25.2 Å². The summed E-state index contributed by atoms with van der Waals surface area (Å²) in [6.07, 6.45) is -2.08. The molecule has 2 nitrogen and oxygen atoms in total. The lowest BCUT2D eigenvalue weighted by atomic mass is 10.0. The third kappa shape index (κ3) is 3.88. The number of piperidine rings is 1. The summed E-state index contributed by atoms with van der Waals surface area (Å²) in [6, 6.07) is 6.30. The van der Waals surface area contributed by atoms with Crippen molar-refractivity contribution in [3.63, 3.8) is 0 Å². The monoisotopic (exact) mass is 286 g/mol. The molecule has 1 unspecified atom stereocenters. The molecule has 0 bridgehead atoms. The van der Waals surface area contributed by atoms with E-state index in [-0.39, 0.29) is 0 Å². The van der Waals surface area contributed by atoms with Gasteiger partial charge in [-0.2, -0.15) is 13.2 Å². The topological polar surface area (TPSA) is 15.3 Å². The van der Waals surface area contributed by atoms with Gasteiger partial charge in [0.2, 0.25) is 0 Å². The highest BCUT2D eigenvalue weighted by Gasteiger charge is 2.30. The minimum absolute atomic E-state index is 0.408. The van der Waals surface area contributed by atoms with Crippen LogP contribution in [0.25, 0.3) is 0 Å². The fourth-order valence-electron chi connectivity index (χ4n) is 2.68. The van der Waals surface area contributed by atoms with Crippen molar-refractivity contribution in [3.05, 3.63) is 29.8 Å². The number of nitrogens with one attached hydrogen (secondary N) is 1. The van der Waals surface area contributed by atoms with Crippen LogP contribution in [0.3, 0.4) is 0 Å². The van der Waals surface area contributed by atoms with Crippen molar-refractivity contribution >= 4 is 5.69 Å². The van der Waals surface area contributed by atoms with Crippen LogP contribution in [-0.2, 0) is 6.18 Å². The second kappa shape index (κ2) is 6.04. The smallest absolute Gasteiger partial charge is 0.370 e. The highest BCUT2D eigenvalue weighted by atomic mass is 19.4. The van der Waals surface area contributed by atoms with Gasteiger partial charge in [-0.25, -0.2) is 0 Å². The van der Waals surface area contributed by atoms with Crippen molar-refractivity contribution in [3.8, 4) is 0 Å². The maximum atomic E-state index is 12.5. The van der Waals surface area contributed by atoms with E-state index in [2.05, 4.69) is 24.1 Å². The third-order valence-corrected chi connectivity index (χ3v) is 3.55. The van der Waals surface area contributed by atoms with Gasteiger partial charge in [-0.1, -0.05) is 13.8 Å². The molecule has 1 aromatic rings. The van der Waals surface area contributed by atoms with Crippen LogP contribution in [0, 0.1) is 0 Å². The first-order valence-electron chi connectivity index (χ1n) is 7.04. The number of nitrogens with zero attached hydrogens (tertiary/aromatic N) is 1. The maximum absolute atomic E-state index is 12.5. The lowest BCUT2D eigenvalue weighted by molar-refractivity contribution is -0.137. The van der Waals surface area contributed by atoms with Crippen molar-refractivity contribution in [2.24, 2.45) is 0 Å². The van der Waals surface area contributed by atoms with Gasteiger partial charge < -0.3 is 10.2 Å². The van der Waals surface area contributed by atoms with Gasteiger partial charge in [-0.05, 0) is 37.1 Å². The highest BCUT2D eigenvalue weighted by molar-refractivity contribution is 5.48. The molecule has 1 fully saturated rings. The molecule has 1 aromatic carbocycles. The SMILES string of the molecule is CC(C)NC1CCCN(c2ccc(C(F)(F)F)cc2)C1. The van der Waals surface area contributed by atoms with Crippen LogP contribution in [0.5, 0.6) is 0 Å². The van der Waals surface area contributed by atoms with E-state index in [4.69, 9.17) is 0 Å². The zero-order valence-electron chi connectivity index (χ0n) is 11.9. The average molecular weight is 286 g/mol. The van der Waals surface area contributed by atoms with Crippen LogP contribution < -0.4 is 10.2 Å². The van der Waals surface area contributed by atoms with Crippen LogP contribution >= 0.6 is 0 Å². The number of anilines is 1. The molecule has 0 saturated carbocycles. The molecule has 1 aliphatic rings. The van der Waals surface area contributed by atoms with Gasteiger partial charge in [-0.15, -0.1) is 0 Å². The molecule has 0 spiro atoms. The van der Waals surface area contributed by atoms with E-state index in [1.165, 1.54) is 0 Å². The molecule has 5 heteroatoms. The quantitative estimate of drug-likeness (QED) is 0.912. The molecule has 0 aromatic heterocycles. The zero-order chi connectivity index (χ0) is 14.8. The van der Waals surface area contributed by atoms with Crippen molar-refractivity contribution in [2.75, 3.05) is 18.0 Å². The first-order chi connectivity index (χ1) is 9.36. The normalized spacial score (nSPS) is 20.5. The Kier molecular flexibility index (Phi) is 4.58. The van der Waals surface area contributed by atoms with E-state index in [1.807, 2.05) is 0 Å². The minimum Gasteiger partial charge on any atom is -0.370 e. The molecule has 1 aliphatic heterocycles. The molecule has 1 N–H and O–H groups in total. The van der Waals surface area contributed by atoms with Gasteiger partial charge in [0.1, 0.15) is 0 Å². The maximum Gasteiger partial charge on any atom is 0.416 e. The number of hydrogen-bond donors (Lipinski definition) is 1. The van der Waals surface area contributed by atoms with Crippen molar-refractivity contribution in [2.45, 2.75) is 44.9 Å². The summed E-state index contributed by atoms with van der Waals surface area (Å²) in [7, 11) is 0. The summed E-state index contributed by atoms with van der Waals surface area (Å²) in [6.45, 7) is 5.97. The van der Waals surface area contributed by atoms with Crippen molar-refractivity contribution in [1.82, 2.24) is 5.32 Å². The average Bonchev–Trinajstić information content (AvgIpc) is 2.37. The summed E-state index contributed by atoms with van der Waals surface area (Å²) >= 11 is 0. The van der Waals surface area contributed by atoms with Gasteiger partial charge in [0.15, 0.2) is 0 Å². The van der Waals surface area contributed by atoms with E-state index in [0.717, 1.165) is 43.8 Å². The number of halogens is 3. The predicted octanol–water partition coefficient (Wildman–Crippen LogP) is 3.67. The first kappa shape index (κ1) is 15.2. The van der Waals surface area contributed by atoms with E-state index >= 15 is 0 Å². The standard InChI is InChI=1S/C15H21F3N2/c1-11(2)19-13-4-3-9-20(10-13)14-7-5-12(6-8-14)15(16,17)18/h5-8,11,13,19H,3-4,9-10H2,1-2H3. The minimum atomic E-state index is -4.26. The summed E-state index contributed by atoms with van der Waals surface area (Å²) in [5.74, 6) is 0. The van der Waals surface area contributed by atoms with Crippen LogP contribution in [0.2, 0.25) is 0 Å². The summed E-state index contributed by atoms with van der Waals surface area (Å²) in [5.41, 5.74) is 0.281. The second-order valence-corrected chi connectivity index (χ2v) is 5.65. The highest BCUT2D eigenvalue weighted by Crippen LogP contribution is 2.31. The van der Waals surface area contributed by atoms with E-state index < -0.39 is 11.7 Å². The molecule has 112 valence electrons. The largest absolute Gasteiger partial charge is 0.416 e. The molecular formula is C15H21F3N2. The molecule has 2 rings (SSSR count). The Morgan fingerprint density at radius 2 is 1.85 bits per heavy atom. The molecule has 20 heavy (non-hydrogen) atoms. The molecule has 1 saturated heterocycles. The van der Waals surface area contributed by atoms with Crippen LogP contribution in [0.15, 0.2) is 24.3 Å². The Balaban J connectivity index is 2.04. The Morgan fingerprint density at radius 3 is 2.40 bits per heavy atom. The summed E-state index contributed by atoms with van der Waals surface area (Å²) in [4.78, 5) is 2.16. The van der Waals surface area contributed by atoms with Gasteiger partial charge in [0.05, 0.1) is 5.56 Å². The third-order valence-electron chi connectivity index (χ3n) is 3.55. The van der Waals surface area contributed by atoms with Crippen molar-refractivity contribution < 1.29 is 13.2 Å².